The number of hydrogen-bond donors (Lipinski definition) is 0. The number of rotatable bonds is 8. The average Bonchev–Trinajstić information content (AvgIpc) is 2.74. The summed E-state index contributed by atoms with van der Waals surface area (Å²) in [5.74, 6) is 0. The summed E-state index contributed by atoms with van der Waals surface area (Å²) in [6.45, 7) is 6.58. The first-order chi connectivity index (χ1) is 15.0. The molecule has 2 aromatic rings. The second kappa shape index (κ2) is 9.98. The largest absolute Gasteiger partial charge is 0.367 e. The van der Waals surface area contributed by atoms with E-state index in [2.05, 4.69) is 0 Å². The van der Waals surface area contributed by atoms with Gasteiger partial charge >= 0.3 is 0 Å². The summed E-state index contributed by atoms with van der Waals surface area (Å²) >= 11 is 0. The lowest BCUT2D eigenvalue weighted by Crippen LogP contribution is -2.51. The first-order valence-electron chi connectivity index (χ1n) is 10.2. The summed E-state index contributed by atoms with van der Waals surface area (Å²) in [5.41, 5.74) is 1.84. The standard InChI is InChI=1S/C22H28O8S2/c1-15-5-9-19(10-6-15)31(23,24)27-13-21-22(30-18(4)17(3)29-21)14-28-32(25,26)20-11-7-16(2)8-12-20/h5-12,17-18,21-22H,13-14H2,1-4H3/t17-,18-,21+,22+/m1/s1. The molecule has 4 atom stereocenters. The lowest BCUT2D eigenvalue weighted by Gasteiger charge is -2.38. The van der Waals surface area contributed by atoms with Gasteiger partial charge < -0.3 is 9.47 Å². The van der Waals surface area contributed by atoms with Crippen LogP contribution in [-0.2, 0) is 38.1 Å². The molecule has 1 heterocycles. The Kier molecular flexibility index (Phi) is 7.74. The van der Waals surface area contributed by atoms with E-state index in [0.717, 1.165) is 11.1 Å². The van der Waals surface area contributed by atoms with E-state index in [9.17, 15) is 16.8 Å². The Balaban J connectivity index is 1.69. The van der Waals surface area contributed by atoms with Crippen LogP contribution < -0.4 is 0 Å². The fourth-order valence-electron chi connectivity index (χ4n) is 3.10. The van der Waals surface area contributed by atoms with Crippen LogP contribution in [0.4, 0.5) is 0 Å². The van der Waals surface area contributed by atoms with E-state index >= 15 is 0 Å². The van der Waals surface area contributed by atoms with Crippen LogP contribution in [0.25, 0.3) is 0 Å². The molecule has 0 aliphatic carbocycles. The maximum Gasteiger partial charge on any atom is 0.297 e. The van der Waals surface area contributed by atoms with Crippen molar-refractivity contribution >= 4 is 20.2 Å². The van der Waals surface area contributed by atoms with E-state index in [1.165, 1.54) is 24.3 Å². The number of benzene rings is 2. The molecule has 0 saturated carbocycles. The lowest BCUT2D eigenvalue weighted by molar-refractivity contribution is -0.221. The highest BCUT2D eigenvalue weighted by Gasteiger charge is 2.37. The highest BCUT2D eigenvalue weighted by molar-refractivity contribution is 7.87. The van der Waals surface area contributed by atoms with Crippen molar-refractivity contribution in [2.75, 3.05) is 13.2 Å². The van der Waals surface area contributed by atoms with Crippen molar-refractivity contribution in [2.45, 2.75) is 61.9 Å². The van der Waals surface area contributed by atoms with E-state index in [0.29, 0.717) is 0 Å². The summed E-state index contributed by atoms with van der Waals surface area (Å²) in [6, 6.07) is 12.5. The van der Waals surface area contributed by atoms with Crippen molar-refractivity contribution in [1.82, 2.24) is 0 Å². The predicted molar refractivity (Wildman–Crippen MR) is 117 cm³/mol. The van der Waals surface area contributed by atoms with Crippen molar-refractivity contribution < 1.29 is 34.7 Å². The van der Waals surface area contributed by atoms with Gasteiger partial charge in [-0.05, 0) is 52.0 Å². The maximum absolute atomic E-state index is 12.5. The van der Waals surface area contributed by atoms with Gasteiger partial charge in [0.25, 0.3) is 20.2 Å². The highest BCUT2D eigenvalue weighted by atomic mass is 32.2. The van der Waals surface area contributed by atoms with Crippen molar-refractivity contribution in [3.63, 3.8) is 0 Å². The third kappa shape index (κ3) is 6.15. The molecule has 0 aromatic heterocycles. The first-order valence-corrected chi connectivity index (χ1v) is 13.0. The molecular formula is C22H28O8S2. The van der Waals surface area contributed by atoms with Gasteiger partial charge in [-0.3, -0.25) is 8.37 Å². The molecule has 8 nitrogen and oxygen atoms in total. The molecule has 10 heteroatoms. The van der Waals surface area contributed by atoms with Crippen LogP contribution in [0.15, 0.2) is 58.3 Å². The Morgan fingerprint density at radius 1 is 0.656 bits per heavy atom. The second-order valence-electron chi connectivity index (χ2n) is 7.86. The van der Waals surface area contributed by atoms with Gasteiger partial charge in [0.2, 0.25) is 0 Å². The Labute approximate surface area is 189 Å². The summed E-state index contributed by atoms with van der Waals surface area (Å²) in [6.07, 6.45) is -2.35. The number of ether oxygens (including phenoxy) is 2. The fourth-order valence-corrected chi connectivity index (χ4v) is 4.94. The zero-order valence-corrected chi connectivity index (χ0v) is 20.1. The van der Waals surface area contributed by atoms with Crippen LogP contribution in [0.1, 0.15) is 25.0 Å². The van der Waals surface area contributed by atoms with E-state index in [1.54, 1.807) is 38.1 Å². The highest BCUT2D eigenvalue weighted by Crippen LogP contribution is 2.24. The minimum atomic E-state index is -4.02. The Morgan fingerprint density at radius 2 is 0.969 bits per heavy atom. The predicted octanol–water partition coefficient (Wildman–Crippen LogP) is 2.98. The molecule has 0 unspecified atom stereocenters. The molecular weight excluding hydrogens is 456 g/mol. The van der Waals surface area contributed by atoms with E-state index < -0.39 is 32.4 Å². The van der Waals surface area contributed by atoms with Gasteiger partial charge in [-0.1, -0.05) is 35.4 Å². The summed E-state index contributed by atoms with van der Waals surface area (Å²) in [7, 11) is -8.03. The summed E-state index contributed by atoms with van der Waals surface area (Å²) in [5, 5.41) is 0. The third-order valence-electron chi connectivity index (χ3n) is 5.25. The Bertz CT molecular complexity index is 1020. The molecule has 1 aliphatic heterocycles. The van der Waals surface area contributed by atoms with E-state index in [-0.39, 0.29) is 35.2 Å². The van der Waals surface area contributed by atoms with Crippen LogP contribution in [0.5, 0.6) is 0 Å². The zero-order valence-electron chi connectivity index (χ0n) is 18.4. The summed E-state index contributed by atoms with van der Waals surface area (Å²) < 4.78 is 72.2. The Morgan fingerprint density at radius 3 is 1.28 bits per heavy atom. The molecule has 0 bridgehead atoms. The molecule has 0 spiro atoms. The van der Waals surface area contributed by atoms with Crippen molar-refractivity contribution in [1.29, 1.82) is 0 Å². The second-order valence-corrected chi connectivity index (χ2v) is 11.1. The third-order valence-corrected chi connectivity index (χ3v) is 7.84. The fraction of sp³-hybridized carbons (Fsp3) is 0.455. The van der Waals surface area contributed by atoms with Gasteiger partial charge in [-0.2, -0.15) is 16.8 Å². The van der Waals surface area contributed by atoms with Crippen LogP contribution in [0, 0.1) is 13.8 Å². The molecule has 1 saturated heterocycles. The minimum absolute atomic E-state index is 0.0241. The topological polar surface area (TPSA) is 105 Å². The Hall–Kier alpha value is -1.82. The smallest absolute Gasteiger partial charge is 0.297 e. The van der Waals surface area contributed by atoms with Gasteiger partial charge in [0.05, 0.1) is 35.2 Å². The molecule has 0 amide bonds. The number of aryl methyl sites for hydroxylation is 2. The normalized spacial score (nSPS) is 24.4. The quantitative estimate of drug-likeness (QED) is 0.527. The molecule has 2 aromatic carbocycles. The van der Waals surface area contributed by atoms with Crippen molar-refractivity contribution in [3.8, 4) is 0 Å². The van der Waals surface area contributed by atoms with Gasteiger partial charge in [0.1, 0.15) is 12.2 Å². The van der Waals surface area contributed by atoms with Crippen molar-refractivity contribution in [3.05, 3.63) is 59.7 Å². The SMILES string of the molecule is Cc1ccc(S(=O)(=O)OC[C@@H]2O[C@H](C)[C@@H](C)O[C@H]2COS(=O)(=O)c2ccc(C)cc2)cc1. The maximum atomic E-state index is 12.5. The molecule has 32 heavy (non-hydrogen) atoms. The molecule has 0 radical (unpaired) electrons. The van der Waals surface area contributed by atoms with Gasteiger partial charge in [-0.15, -0.1) is 0 Å². The first kappa shape index (κ1) is 24.8. The van der Waals surface area contributed by atoms with Gasteiger partial charge in [-0.25, -0.2) is 0 Å². The number of hydrogen-bond acceptors (Lipinski definition) is 8. The van der Waals surface area contributed by atoms with Gasteiger partial charge in [0, 0.05) is 0 Å². The van der Waals surface area contributed by atoms with Gasteiger partial charge in [0.15, 0.2) is 0 Å². The van der Waals surface area contributed by atoms with Crippen LogP contribution in [0.3, 0.4) is 0 Å². The molecule has 3 rings (SSSR count). The van der Waals surface area contributed by atoms with Crippen LogP contribution in [0.2, 0.25) is 0 Å². The average molecular weight is 485 g/mol. The minimum Gasteiger partial charge on any atom is -0.367 e. The van der Waals surface area contributed by atoms with Crippen LogP contribution in [-0.4, -0.2) is 54.5 Å². The monoisotopic (exact) mass is 484 g/mol. The summed E-state index contributed by atoms with van der Waals surface area (Å²) in [4.78, 5) is 0.0481. The molecule has 1 fully saturated rings. The van der Waals surface area contributed by atoms with Crippen molar-refractivity contribution in [2.24, 2.45) is 0 Å². The lowest BCUT2D eigenvalue weighted by atomic mass is 10.1. The van der Waals surface area contributed by atoms with Crippen LogP contribution >= 0.6 is 0 Å². The van der Waals surface area contributed by atoms with E-state index in [4.69, 9.17) is 17.8 Å². The molecule has 176 valence electrons. The molecule has 1 aliphatic rings. The zero-order chi connectivity index (χ0) is 23.5. The van der Waals surface area contributed by atoms with E-state index in [1.807, 2.05) is 13.8 Å². The molecule has 0 N–H and O–H groups in total.